The summed E-state index contributed by atoms with van der Waals surface area (Å²) in [6.45, 7) is 0. The van der Waals surface area contributed by atoms with E-state index >= 15 is 0 Å². The quantitative estimate of drug-likeness (QED) is 0.778. The Morgan fingerprint density at radius 3 is 2.47 bits per heavy atom. The number of hydrogen-bond donors (Lipinski definition) is 2. The van der Waals surface area contributed by atoms with E-state index in [1.807, 2.05) is 0 Å². The second-order valence-corrected chi connectivity index (χ2v) is 5.08. The zero-order valence-electron chi connectivity index (χ0n) is 6.99. The van der Waals surface area contributed by atoms with Crippen LogP contribution in [0.1, 0.15) is 12.0 Å². The van der Waals surface area contributed by atoms with Gasteiger partial charge in [-0.05, 0) is 22.6 Å². The summed E-state index contributed by atoms with van der Waals surface area (Å²) in [7, 11) is -4.21. The highest BCUT2D eigenvalue weighted by Crippen LogP contribution is 2.33. The van der Waals surface area contributed by atoms with Gasteiger partial charge < -0.3 is 5.11 Å². The summed E-state index contributed by atoms with van der Waals surface area (Å²) in [4.78, 5) is 3.18. The average Bonchev–Trinajstić information content (AvgIpc) is 2.06. The van der Waals surface area contributed by atoms with Crippen LogP contribution >= 0.6 is 22.6 Å². The van der Waals surface area contributed by atoms with E-state index in [1.165, 1.54) is 22.6 Å². The minimum atomic E-state index is -4.21. The lowest BCUT2D eigenvalue weighted by Crippen LogP contribution is -2.15. The molecule has 0 fully saturated rings. The maximum absolute atomic E-state index is 12.3. The summed E-state index contributed by atoms with van der Waals surface area (Å²) in [5.74, 6) is -0.851. The predicted octanol–water partition coefficient (Wildman–Crippen LogP) is 0.977. The van der Waals surface area contributed by atoms with Gasteiger partial charge in [0.1, 0.15) is 0 Å². The largest absolute Gasteiger partial charge is 0.504 e. The standard InChI is InChI=1S/C6H5F2IN2O3S/c7-5(8)2-1-11-6(15(10,13)14)4(12)3(2)9/h1,5,12H,(H2,10,13,14). The van der Waals surface area contributed by atoms with E-state index in [-0.39, 0.29) is 3.57 Å². The lowest BCUT2D eigenvalue weighted by Gasteiger charge is -2.07. The molecule has 9 heteroatoms. The Morgan fingerprint density at radius 2 is 2.07 bits per heavy atom. The molecular weight excluding hydrogens is 345 g/mol. The third-order valence-electron chi connectivity index (χ3n) is 1.49. The first-order chi connectivity index (χ1) is 6.75. The molecule has 0 spiro atoms. The Balaban J connectivity index is 3.48. The Hall–Kier alpha value is -0.550. The molecule has 3 N–H and O–H groups in total. The number of aromatic hydroxyl groups is 1. The van der Waals surface area contributed by atoms with Crippen LogP contribution in [0.4, 0.5) is 8.78 Å². The number of sulfonamides is 1. The molecule has 5 nitrogen and oxygen atoms in total. The lowest BCUT2D eigenvalue weighted by atomic mass is 10.3. The maximum Gasteiger partial charge on any atom is 0.266 e. The summed E-state index contributed by atoms with van der Waals surface area (Å²) < 4.78 is 46.0. The van der Waals surface area contributed by atoms with Crippen molar-refractivity contribution in [3.05, 3.63) is 15.3 Å². The van der Waals surface area contributed by atoms with Gasteiger partial charge in [0, 0.05) is 6.20 Å². The molecule has 1 aromatic rings. The van der Waals surface area contributed by atoms with E-state index in [0.717, 1.165) is 0 Å². The van der Waals surface area contributed by atoms with Crippen LogP contribution in [0.2, 0.25) is 0 Å². The first kappa shape index (κ1) is 12.5. The van der Waals surface area contributed by atoms with Gasteiger partial charge in [0.15, 0.2) is 5.75 Å². The predicted molar refractivity (Wildman–Crippen MR) is 54.9 cm³/mol. The van der Waals surface area contributed by atoms with Gasteiger partial charge in [0.25, 0.3) is 16.4 Å². The van der Waals surface area contributed by atoms with Gasteiger partial charge in [-0.1, -0.05) is 0 Å². The monoisotopic (exact) mass is 350 g/mol. The van der Waals surface area contributed by atoms with E-state index < -0.39 is 32.8 Å². The van der Waals surface area contributed by atoms with Gasteiger partial charge in [-0.15, -0.1) is 0 Å². The fourth-order valence-electron chi connectivity index (χ4n) is 0.837. The maximum atomic E-state index is 12.3. The van der Waals surface area contributed by atoms with Crippen molar-refractivity contribution >= 4 is 32.6 Å². The van der Waals surface area contributed by atoms with Gasteiger partial charge in [0.2, 0.25) is 5.03 Å². The molecule has 1 rings (SSSR count). The van der Waals surface area contributed by atoms with Crippen molar-refractivity contribution in [1.82, 2.24) is 4.98 Å². The highest BCUT2D eigenvalue weighted by Gasteiger charge is 2.23. The average molecular weight is 350 g/mol. The van der Waals surface area contributed by atoms with Crippen LogP contribution < -0.4 is 5.14 Å². The lowest BCUT2D eigenvalue weighted by molar-refractivity contribution is 0.149. The highest BCUT2D eigenvalue weighted by atomic mass is 127. The van der Waals surface area contributed by atoms with E-state index in [0.29, 0.717) is 6.20 Å². The smallest absolute Gasteiger partial charge is 0.266 e. The van der Waals surface area contributed by atoms with Crippen LogP contribution in [0.25, 0.3) is 0 Å². The Labute approximate surface area is 97.5 Å². The number of primary sulfonamides is 1. The molecule has 0 aliphatic heterocycles. The molecule has 0 aliphatic rings. The summed E-state index contributed by atoms with van der Waals surface area (Å²) in [5, 5.41) is 13.2. The minimum absolute atomic E-state index is 0.276. The van der Waals surface area contributed by atoms with E-state index in [9.17, 15) is 22.3 Å². The number of halogens is 3. The van der Waals surface area contributed by atoms with Gasteiger partial charge >= 0.3 is 0 Å². The van der Waals surface area contributed by atoms with Gasteiger partial charge in [-0.2, -0.15) is 0 Å². The fraction of sp³-hybridized carbons (Fsp3) is 0.167. The van der Waals surface area contributed by atoms with Crippen molar-refractivity contribution < 1.29 is 22.3 Å². The zero-order chi connectivity index (χ0) is 11.8. The minimum Gasteiger partial charge on any atom is -0.504 e. The molecular formula is C6H5F2IN2O3S. The topological polar surface area (TPSA) is 93.3 Å². The molecule has 1 heterocycles. The van der Waals surface area contributed by atoms with E-state index in [1.54, 1.807) is 0 Å². The molecule has 0 bridgehead atoms. The number of nitrogens with zero attached hydrogens (tertiary/aromatic N) is 1. The molecule has 15 heavy (non-hydrogen) atoms. The summed E-state index contributed by atoms with van der Waals surface area (Å²) in [6.07, 6.45) is -2.17. The van der Waals surface area contributed by atoms with Crippen LogP contribution in [0.15, 0.2) is 11.2 Å². The first-order valence-corrected chi connectivity index (χ1v) is 6.06. The van der Waals surface area contributed by atoms with Gasteiger partial charge in [0.05, 0.1) is 9.13 Å². The van der Waals surface area contributed by atoms with Crippen molar-refractivity contribution in [3.63, 3.8) is 0 Å². The zero-order valence-corrected chi connectivity index (χ0v) is 9.96. The Bertz CT molecular complexity index is 491. The molecule has 0 amide bonds. The Kier molecular flexibility index (Phi) is 3.45. The number of nitrogens with two attached hydrogens (primary N) is 1. The van der Waals surface area contributed by atoms with Crippen molar-refractivity contribution in [2.45, 2.75) is 11.5 Å². The number of pyridine rings is 1. The van der Waals surface area contributed by atoms with E-state index in [4.69, 9.17) is 5.14 Å². The second kappa shape index (κ2) is 4.14. The molecule has 0 aromatic carbocycles. The van der Waals surface area contributed by atoms with Gasteiger partial charge in [-0.3, -0.25) is 0 Å². The van der Waals surface area contributed by atoms with Crippen molar-refractivity contribution in [3.8, 4) is 5.75 Å². The molecule has 84 valence electrons. The molecule has 0 saturated carbocycles. The molecule has 0 aliphatic carbocycles. The second-order valence-electron chi connectivity index (χ2n) is 2.53. The van der Waals surface area contributed by atoms with Crippen LogP contribution in [0.3, 0.4) is 0 Å². The molecule has 1 aromatic heterocycles. The van der Waals surface area contributed by atoms with Crippen molar-refractivity contribution in [2.75, 3.05) is 0 Å². The normalized spacial score (nSPS) is 12.1. The number of rotatable bonds is 2. The third kappa shape index (κ3) is 2.52. The van der Waals surface area contributed by atoms with Crippen LogP contribution in [-0.4, -0.2) is 18.5 Å². The summed E-state index contributed by atoms with van der Waals surface area (Å²) >= 11 is 1.40. The van der Waals surface area contributed by atoms with Crippen LogP contribution in [-0.2, 0) is 10.0 Å². The molecule has 0 radical (unpaired) electrons. The Morgan fingerprint density at radius 1 is 1.53 bits per heavy atom. The van der Waals surface area contributed by atoms with Gasteiger partial charge in [-0.25, -0.2) is 27.3 Å². The van der Waals surface area contributed by atoms with E-state index in [2.05, 4.69) is 4.98 Å². The fourth-order valence-corrected chi connectivity index (χ4v) is 2.22. The van der Waals surface area contributed by atoms with Crippen molar-refractivity contribution in [1.29, 1.82) is 0 Å². The van der Waals surface area contributed by atoms with Crippen LogP contribution in [0, 0.1) is 3.57 Å². The number of hydrogen-bond acceptors (Lipinski definition) is 4. The highest BCUT2D eigenvalue weighted by molar-refractivity contribution is 14.1. The van der Waals surface area contributed by atoms with Crippen molar-refractivity contribution in [2.24, 2.45) is 5.14 Å². The molecule has 0 atom stereocenters. The van der Waals surface area contributed by atoms with Crippen LogP contribution in [0.5, 0.6) is 5.75 Å². The number of aromatic nitrogens is 1. The summed E-state index contributed by atoms with van der Waals surface area (Å²) in [5.41, 5.74) is -0.541. The molecule has 0 saturated heterocycles. The first-order valence-electron chi connectivity index (χ1n) is 3.43. The third-order valence-corrected chi connectivity index (χ3v) is 3.46. The molecule has 0 unspecified atom stereocenters. The summed E-state index contributed by atoms with van der Waals surface area (Å²) in [6, 6.07) is 0. The SMILES string of the molecule is NS(=O)(=O)c1ncc(C(F)F)c(I)c1O. The number of alkyl halides is 2.